The zero-order valence-electron chi connectivity index (χ0n) is 11.1. The van der Waals surface area contributed by atoms with Crippen molar-refractivity contribution in [2.75, 3.05) is 6.61 Å². The van der Waals surface area contributed by atoms with Crippen LogP contribution in [0.3, 0.4) is 0 Å². The first-order valence-corrected chi connectivity index (χ1v) is 7.41. The zero-order valence-corrected chi connectivity index (χ0v) is 11.9. The maximum Gasteiger partial charge on any atom is 0.339 e. The first-order chi connectivity index (χ1) is 9.22. The maximum absolute atomic E-state index is 12.2. The van der Waals surface area contributed by atoms with Crippen LogP contribution in [0.5, 0.6) is 5.75 Å². The van der Waals surface area contributed by atoms with E-state index in [0.29, 0.717) is 6.42 Å². The van der Waals surface area contributed by atoms with E-state index in [0.717, 1.165) is 12.1 Å². The highest BCUT2D eigenvalue weighted by Gasteiger charge is 2.23. The number of carbonyl (C=O) groups is 1. The summed E-state index contributed by atoms with van der Waals surface area (Å²) in [5, 5.41) is 27.4. The second kappa shape index (κ2) is 6.21. The van der Waals surface area contributed by atoms with Gasteiger partial charge in [-0.1, -0.05) is 6.92 Å². The molecule has 1 aromatic rings. The van der Waals surface area contributed by atoms with E-state index in [1.54, 1.807) is 6.92 Å². The number of rotatable bonds is 6. The standard InChI is InChI=1S/C12H17NO6S/c1-3-8(6-14)13-20(18,19)11-5-9(12(16)17)10(15)4-7(11)2/h4-5,8,13-15H,3,6H2,1-2H3,(H,16,17)/t8-/m0/s1. The Hall–Kier alpha value is -1.64. The molecule has 0 bridgehead atoms. The number of aryl methyl sites for hydroxylation is 1. The molecule has 0 radical (unpaired) electrons. The minimum absolute atomic E-state index is 0.216. The van der Waals surface area contributed by atoms with Crippen molar-refractivity contribution in [3.05, 3.63) is 23.3 Å². The molecule has 0 aliphatic carbocycles. The molecule has 8 heteroatoms. The predicted molar refractivity (Wildman–Crippen MR) is 71.3 cm³/mol. The van der Waals surface area contributed by atoms with Crippen LogP contribution < -0.4 is 4.72 Å². The number of aliphatic hydroxyl groups is 1. The van der Waals surface area contributed by atoms with Crippen LogP contribution in [0.25, 0.3) is 0 Å². The average Bonchev–Trinajstić information content (AvgIpc) is 2.35. The van der Waals surface area contributed by atoms with Crippen LogP contribution >= 0.6 is 0 Å². The van der Waals surface area contributed by atoms with E-state index >= 15 is 0 Å². The lowest BCUT2D eigenvalue weighted by Crippen LogP contribution is -2.37. The van der Waals surface area contributed by atoms with E-state index in [4.69, 9.17) is 10.2 Å². The van der Waals surface area contributed by atoms with Gasteiger partial charge in [0, 0.05) is 6.04 Å². The molecule has 1 rings (SSSR count). The summed E-state index contributed by atoms with van der Waals surface area (Å²) in [4.78, 5) is 10.7. The number of aromatic carboxylic acids is 1. The van der Waals surface area contributed by atoms with Crippen molar-refractivity contribution in [3.8, 4) is 5.75 Å². The number of hydrogen-bond acceptors (Lipinski definition) is 5. The number of aromatic hydroxyl groups is 1. The van der Waals surface area contributed by atoms with Crippen LogP contribution in [0.4, 0.5) is 0 Å². The van der Waals surface area contributed by atoms with E-state index in [-0.39, 0.29) is 17.1 Å². The Kier molecular flexibility index (Phi) is 5.09. The van der Waals surface area contributed by atoms with Gasteiger partial charge in [-0.2, -0.15) is 0 Å². The molecule has 4 N–H and O–H groups in total. The maximum atomic E-state index is 12.2. The molecule has 0 spiro atoms. The normalized spacial score (nSPS) is 13.2. The summed E-state index contributed by atoms with van der Waals surface area (Å²) in [6.45, 7) is 2.79. The Morgan fingerprint density at radius 3 is 2.45 bits per heavy atom. The summed E-state index contributed by atoms with van der Waals surface area (Å²) < 4.78 is 26.6. The highest BCUT2D eigenvalue weighted by atomic mass is 32.2. The molecule has 0 amide bonds. The van der Waals surface area contributed by atoms with Crippen molar-refractivity contribution in [1.82, 2.24) is 4.72 Å². The fraction of sp³-hybridized carbons (Fsp3) is 0.417. The van der Waals surface area contributed by atoms with Gasteiger partial charge in [-0.05, 0) is 31.0 Å². The van der Waals surface area contributed by atoms with E-state index in [1.165, 1.54) is 6.92 Å². The predicted octanol–water partition coefficient (Wildman–Crippen LogP) is 0.448. The molecule has 0 aliphatic heterocycles. The molecule has 1 aromatic carbocycles. The van der Waals surface area contributed by atoms with Crippen LogP contribution in [0, 0.1) is 6.92 Å². The number of sulfonamides is 1. The van der Waals surface area contributed by atoms with Crippen LogP contribution in [0.15, 0.2) is 17.0 Å². The van der Waals surface area contributed by atoms with Crippen LogP contribution in [-0.4, -0.2) is 42.4 Å². The molecule has 112 valence electrons. The van der Waals surface area contributed by atoms with Gasteiger partial charge in [-0.3, -0.25) is 0 Å². The lowest BCUT2D eigenvalue weighted by Gasteiger charge is -2.16. The third-order valence-corrected chi connectivity index (χ3v) is 4.51. The summed E-state index contributed by atoms with van der Waals surface area (Å²) in [6, 6.07) is 1.33. The van der Waals surface area contributed by atoms with Crippen molar-refractivity contribution >= 4 is 16.0 Å². The summed E-state index contributed by atoms with van der Waals surface area (Å²) in [5.74, 6) is -1.92. The van der Waals surface area contributed by atoms with Gasteiger partial charge in [0.25, 0.3) is 0 Å². The Bertz CT molecular complexity index is 607. The molecule has 0 unspecified atom stereocenters. The quantitative estimate of drug-likeness (QED) is 0.605. The number of nitrogens with one attached hydrogen (secondary N) is 1. The molecular formula is C12H17NO6S. The smallest absolute Gasteiger partial charge is 0.339 e. The van der Waals surface area contributed by atoms with Gasteiger partial charge in [0.05, 0.1) is 11.5 Å². The van der Waals surface area contributed by atoms with Crippen LogP contribution in [0.2, 0.25) is 0 Å². The highest BCUT2D eigenvalue weighted by molar-refractivity contribution is 7.89. The molecule has 0 aromatic heterocycles. The van der Waals surface area contributed by atoms with Gasteiger partial charge in [-0.25, -0.2) is 17.9 Å². The second-order valence-corrected chi connectivity index (χ2v) is 6.03. The third kappa shape index (κ3) is 3.47. The summed E-state index contributed by atoms with van der Waals surface area (Å²) in [6.07, 6.45) is 0.388. The minimum atomic E-state index is -3.97. The Balaban J connectivity index is 3.31. The molecule has 0 saturated heterocycles. The highest BCUT2D eigenvalue weighted by Crippen LogP contribution is 2.25. The Morgan fingerprint density at radius 2 is 2.00 bits per heavy atom. The minimum Gasteiger partial charge on any atom is -0.507 e. The van der Waals surface area contributed by atoms with Crippen molar-refractivity contribution in [3.63, 3.8) is 0 Å². The topological polar surface area (TPSA) is 124 Å². The van der Waals surface area contributed by atoms with Crippen LogP contribution in [-0.2, 0) is 10.0 Å². The lowest BCUT2D eigenvalue weighted by atomic mass is 10.1. The summed E-state index contributed by atoms with van der Waals surface area (Å²) in [7, 11) is -3.97. The molecule has 0 heterocycles. The molecule has 0 saturated carbocycles. The van der Waals surface area contributed by atoms with E-state index in [2.05, 4.69) is 4.72 Å². The SMILES string of the molecule is CC[C@@H](CO)NS(=O)(=O)c1cc(C(=O)O)c(O)cc1C. The van der Waals surface area contributed by atoms with E-state index in [1.807, 2.05) is 0 Å². The monoisotopic (exact) mass is 303 g/mol. The number of benzene rings is 1. The molecule has 1 atom stereocenters. The van der Waals surface area contributed by atoms with Crippen LogP contribution in [0.1, 0.15) is 29.3 Å². The van der Waals surface area contributed by atoms with Crippen molar-refractivity contribution in [2.45, 2.75) is 31.2 Å². The Morgan fingerprint density at radius 1 is 1.40 bits per heavy atom. The van der Waals surface area contributed by atoms with Crippen molar-refractivity contribution < 1.29 is 28.5 Å². The average molecular weight is 303 g/mol. The van der Waals surface area contributed by atoms with Crippen molar-refractivity contribution in [2.24, 2.45) is 0 Å². The van der Waals surface area contributed by atoms with Crippen molar-refractivity contribution in [1.29, 1.82) is 0 Å². The van der Waals surface area contributed by atoms with E-state index < -0.39 is 33.3 Å². The zero-order chi connectivity index (χ0) is 15.5. The molecule has 7 nitrogen and oxygen atoms in total. The third-order valence-electron chi connectivity index (χ3n) is 2.85. The van der Waals surface area contributed by atoms with Gasteiger partial charge >= 0.3 is 5.97 Å². The lowest BCUT2D eigenvalue weighted by molar-refractivity contribution is 0.0693. The van der Waals surface area contributed by atoms with Gasteiger partial charge in [-0.15, -0.1) is 0 Å². The number of carboxylic acid groups (broad SMARTS) is 1. The number of carboxylic acids is 1. The largest absolute Gasteiger partial charge is 0.507 e. The van der Waals surface area contributed by atoms with Gasteiger partial charge in [0.1, 0.15) is 11.3 Å². The summed E-state index contributed by atoms with van der Waals surface area (Å²) in [5.41, 5.74) is -0.277. The molecular weight excluding hydrogens is 286 g/mol. The second-order valence-electron chi connectivity index (χ2n) is 4.35. The summed E-state index contributed by atoms with van der Waals surface area (Å²) >= 11 is 0. The van der Waals surface area contributed by atoms with E-state index in [9.17, 15) is 18.3 Å². The number of hydrogen-bond donors (Lipinski definition) is 4. The molecule has 0 aliphatic rings. The molecule has 20 heavy (non-hydrogen) atoms. The first kappa shape index (κ1) is 16.4. The number of aliphatic hydroxyl groups excluding tert-OH is 1. The first-order valence-electron chi connectivity index (χ1n) is 5.93. The number of phenols is 1. The van der Waals surface area contributed by atoms with Gasteiger partial charge in [0.2, 0.25) is 10.0 Å². The Labute approximate surface area is 116 Å². The molecule has 0 fully saturated rings. The fourth-order valence-corrected chi connectivity index (χ4v) is 3.23. The fourth-order valence-electron chi connectivity index (χ4n) is 1.67. The van der Waals surface area contributed by atoms with Gasteiger partial charge in [0.15, 0.2) is 0 Å². The van der Waals surface area contributed by atoms with Gasteiger partial charge < -0.3 is 15.3 Å².